The molecule has 3 nitrogen and oxygen atoms in total. The molecule has 7 heteroatoms. The first kappa shape index (κ1) is 16.4. The molecular weight excluding hydrogens is 293 g/mol. The minimum Gasteiger partial charge on any atom is -0.373 e. The Hall–Kier alpha value is -1.69. The van der Waals surface area contributed by atoms with Crippen LogP contribution in [0.4, 0.5) is 18.9 Å². The zero-order valence-corrected chi connectivity index (χ0v) is 11.5. The number of carbonyl (C=O) groups excluding carboxylic acids is 1. The number of nitrogens with one attached hydrogen (secondary N) is 2. The third-order valence-corrected chi connectivity index (χ3v) is 2.80. The largest absolute Gasteiger partial charge is 0.416 e. The van der Waals surface area contributed by atoms with E-state index < -0.39 is 17.8 Å². The summed E-state index contributed by atoms with van der Waals surface area (Å²) in [6, 6.07) is 2.28. The summed E-state index contributed by atoms with van der Waals surface area (Å²) in [7, 11) is 0. The molecule has 0 radical (unpaired) electrons. The van der Waals surface area contributed by atoms with Crippen molar-refractivity contribution < 1.29 is 18.0 Å². The van der Waals surface area contributed by atoms with Crippen molar-refractivity contribution in [2.75, 3.05) is 11.9 Å². The Morgan fingerprint density at radius 2 is 2.15 bits per heavy atom. The van der Waals surface area contributed by atoms with Crippen LogP contribution in [0.3, 0.4) is 0 Å². The van der Waals surface area contributed by atoms with Gasteiger partial charge in [-0.3, -0.25) is 4.79 Å². The van der Waals surface area contributed by atoms with E-state index in [2.05, 4.69) is 17.2 Å². The predicted molar refractivity (Wildman–Crippen MR) is 72.7 cm³/mol. The predicted octanol–water partition coefficient (Wildman–Crippen LogP) is 3.46. The maximum Gasteiger partial charge on any atom is 0.416 e. The fourth-order valence-electron chi connectivity index (χ4n) is 1.43. The summed E-state index contributed by atoms with van der Waals surface area (Å²) < 4.78 is 37.4. The zero-order valence-electron chi connectivity index (χ0n) is 10.7. The van der Waals surface area contributed by atoms with Gasteiger partial charge in [-0.15, -0.1) is 6.58 Å². The Bertz CT molecular complexity index is 503. The van der Waals surface area contributed by atoms with Gasteiger partial charge in [0.05, 0.1) is 16.3 Å². The fourth-order valence-corrected chi connectivity index (χ4v) is 1.67. The number of hydrogen-bond donors (Lipinski definition) is 2. The van der Waals surface area contributed by atoms with Crippen molar-refractivity contribution in [1.29, 1.82) is 0 Å². The summed E-state index contributed by atoms with van der Waals surface area (Å²) in [6.45, 7) is 5.35. The van der Waals surface area contributed by atoms with Crippen LogP contribution in [0.2, 0.25) is 5.02 Å². The minimum atomic E-state index is -4.45. The van der Waals surface area contributed by atoms with Gasteiger partial charge in [-0.1, -0.05) is 17.7 Å². The number of anilines is 1. The fraction of sp³-hybridized carbons (Fsp3) is 0.308. The van der Waals surface area contributed by atoms with Gasteiger partial charge in [0.2, 0.25) is 5.91 Å². The highest BCUT2D eigenvalue weighted by molar-refractivity contribution is 6.33. The van der Waals surface area contributed by atoms with Crippen LogP contribution in [-0.2, 0) is 11.0 Å². The molecule has 0 bridgehead atoms. The first-order valence-electron chi connectivity index (χ1n) is 5.77. The van der Waals surface area contributed by atoms with Crippen LogP contribution in [0.25, 0.3) is 0 Å². The molecule has 1 atom stereocenters. The van der Waals surface area contributed by atoms with E-state index in [-0.39, 0.29) is 16.6 Å². The Kier molecular flexibility index (Phi) is 5.44. The van der Waals surface area contributed by atoms with E-state index in [0.717, 1.165) is 12.1 Å². The van der Waals surface area contributed by atoms with Gasteiger partial charge in [-0.25, -0.2) is 0 Å². The first-order valence-corrected chi connectivity index (χ1v) is 6.15. The van der Waals surface area contributed by atoms with Crippen LogP contribution < -0.4 is 10.6 Å². The van der Waals surface area contributed by atoms with Crippen LogP contribution in [0.1, 0.15) is 12.5 Å². The average Bonchev–Trinajstić information content (AvgIpc) is 2.36. The minimum absolute atomic E-state index is 0.0943. The molecule has 110 valence electrons. The van der Waals surface area contributed by atoms with E-state index in [1.165, 1.54) is 12.1 Å². The van der Waals surface area contributed by atoms with Crippen LogP contribution in [0.5, 0.6) is 0 Å². The molecule has 0 heterocycles. The Balaban J connectivity index is 2.78. The number of benzene rings is 1. The number of rotatable bonds is 5. The summed E-state index contributed by atoms with van der Waals surface area (Å²) in [5.74, 6) is -0.305. The normalized spacial score (nSPS) is 12.7. The van der Waals surface area contributed by atoms with Gasteiger partial charge in [-0.05, 0) is 25.1 Å². The van der Waals surface area contributed by atoms with Gasteiger partial charge in [0.1, 0.15) is 6.04 Å². The lowest BCUT2D eigenvalue weighted by molar-refractivity contribution is -0.137. The monoisotopic (exact) mass is 306 g/mol. The summed E-state index contributed by atoms with van der Waals surface area (Å²) in [4.78, 5) is 11.6. The standard InChI is InChI=1S/C13H14ClF3N2O/c1-3-6-18-12(20)8(2)19-11-5-4-9(7-10(11)14)13(15,16)17/h3-5,7-8,19H,1,6H2,2H3,(H,18,20). The smallest absolute Gasteiger partial charge is 0.373 e. The van der Waals surface area contributed by atoms with E-state index in [4.69, 9.17) is 11.6 Å². The van der Waals surface area contributed by atoms with Crippen molar-refractivity contribution in [2.45, 2.75) is 19.1 Å². The summed E-state index contributed by atoms with van der Waals surface area (Å²) in [6.07, 6.45) is -2.93. The van der Waals surface area contributed by atoms with Gasteiger partial charge in [0.15, 0.2) is 0 Å². The molecule has 0 saturated carbocycles. The van der Waals surface area contributed by atoms with Crippen molar-refractivity contribution in [3.05, 3.63) is 41.4 Å². The number of amides is 1. The van der Waals surface area contributed by atoms with Gasteiger partial charge >= 0.3 is 6.18 Å². The average molecular weight is 307 g/mol. The van der Waals surface area contributed by atoms with E-state index in [1.54, 1.807) is 6.92 Å². The Morgan fingerprint density at radius 1 is 1.50 bits per heavy atom. The van der Waals surface area contributed by atoms with Gasteiger partial charge in [0, 0.05) is 6.54 Å². The molecule has 1 amide bonds. The van der Waals surface area contributed by atoms with E-state index in [9.17, 15) is 18.0 Å². The summed E-state index contributed by atoms with van der Waals surface area (Å²) >= 11 is 5.78. The zero-order chi connectivity index (χ0) is 15.3. The SMILES string of the molecule is C=CCNC(=O)C(C)Nc1ccc(C(F)(F)F)cc1Cl. The van der Waals surface area contributed by atoms with Crippen LogP contribution in [0, 0.1) is 0 Å². The number of carbonyl (C=O) groups is 1. The molecule has 0 aliphatic rings. The summed E-state index contributed by atoms with van der Waals surface area (Å²) in [5, 5.41) is 5.22. The maximum absolute atomic E-state index is 12.5. The molecule has 0 aromatic heterocycles. The number of halogens is 4. The van der Waals surface area contributed by atoms with E-state index in [0.29, 0.717) is 6.54 Å². The molecule has 0 aliphatic heterocycles. The van der Waals surface area contributed by atoms with Crippen molar-refractivity contribution >= 4 is 23.2 Å². The molecular formula is C13H14ClF3N2O. The van der Waals surface area contributed by atoms with Crippen molar-refractivity contribution in [3.63, 3.8) is 0 Å². The Morgan fingerprint density at radius 3 is 2.65 bits per heavy atom. The second kappa shape index (κ2) is 6.65. The van der Waals surface area contributed by atoms with E-state index in [1.807, 2.05) is 0 Å². The highest BCUT2D eigenvalue weighted by Crippen LogP contribution is 2.33. The number of alkyl halides is 3. The van der Waals surface area contributed by atoms with Crippen LogP contribution in [-0.4, -0.2) is 18.5 Å². The topological polar surface area (TPSA) is 41.1 Å². The molecule has 0 saturated heterocycles. The summed E-state index contributed by atoms with van der Waals surface area (Å²) in [5.41, 5.74) is -0.572. The van der Waals surface area contributed by atoms with Crippen LogP contribution >= 0.6 is 11.6 Å². The van der Waals surface area contributed by atoms with Crippen LogP contribution in [0.15, 0.2) is 30.9 Å². The quantitative estimate of drug-likeness (QED) is 0.818. The molecule has 0 spiro atoms. The van der Waals surface area contributed by atoms with Crippen molar-refractivity contribution in [3.8, 4) is 0 Å². The highest BCUT2D eigenvalue weighted by Gasteiger charge is 2.31. The van der Waals surface area contributed by atoms with Crippen molar-refractivity contribution in [2.24, 2.45) is 0 Å². The van der Waals surface area contributed by atoms with E-state index >= 15 is 0 Å². The van der Waals surface area contributed by atoms with Gasteiger partial charge in [0.25, 0.3) is 0 Å². The lowest BCUT2D eigenvalue weighted by atomic mass is 10.2. The molecule has 1 aromatic rings. The molecule has 20 heavy (non-hydrogen) atoms. The number of hydrogen-bond acceptors (Lipinski definition) is 2. The highest BCUT2D eigenvalue weighted by atomic mass is 35.5. The molecule has 1 rings (SSSR count). The molecule has 0 fully saturated rings. The van der Waals surface area contributed by atoms with Crippen molar-refractivity contribution in [1.82, 2.24) is 5.32 Å². The Labute approximate surface area is 119 Å². The maximum atomic E-state index is 12.5. The third-order valence-electron chi connectivity index (χ3n) is 2.48. The molecule has 0 aliphatic carbocycles. The molecule has 1 unspecified atom stereocenters. The van der Waals surface area contributed by atoms with Gasteiger partial charge < -0.3 is 10.6 Å². The first-order chi connectivity index (χ1) is 9.25. The lowest BCUT2D eigenvalue weighted by Gasteiger charge is -2.16. The lowest BCUT2D eigenvalue weighted by Crippen LogP contribution is -2.37. The van der Waals surface area contributed by atoms with Gasteiger partial charge in [-0.2, -0.15) is 13.2 Å². The third kappa shape index (κ3) is 4.45. The molecule has 1 aromatic carbocycles. The second-order valence-corrected chi connectivity index (χ2v) is 4.50. The second-order valence-electron chi connectivity index (χ2n) is 4.09. The molecule has 2 N–H and O–H groups in total.